The van der Waals surface area contributed by atoms with Crippen molar-refractivity contribution in [1.29, 1.82) is 0 Å². The Labute approximate surface area is 107 Å². The van der Waals surface area contributed by atoms with Crippen molar-refractivity contribution in [3.8, 4) is 5.75 Å². The Morgan fingerprint density at radius 1 is 1.42 bits per heavy atom. The lowest BCUT2D eigenvalue weighted by atomic mass is 9.96. The van der Waals surface area contributed by atoms with Gasteiger partial charge in [0, 0.05) is 23.7 Å². The summed E-state index contributed by atoms with van der Waals surface area (Å²) in [6.07, 6.45) is 4.53. The minimum absolute atomic E-state index is 0.196. The molecule has 1 amide bonds. The number of carboxylic acid groups (broad SMARTS) is 1. The molecule has 1 aromatic rings. The number of amides is 1. The Hall–Kier alpha value is -2.70. The van der Waals surface area contributed by atoms with Gasteiger partial charge in [0.15, 0.2) is 17.2 Å². The molecule has 0 aromatic carbocycles. The second kappa shape index (κ2) is 4.89. The van der Waals surface area contributed by atoms with Gasteiger partial charge in [0.25, 0.3) is 5.91 Å². The first kappa shape index (κ1) is 12.7. The van der Waals surface area contributed by atoms with Crippen LogP contribution in [0.2, 0.25) is 0 Å². The second-order valence-corrected chi connectivity index (χ2v) is 3.89. The minimum Gasteiger partial charge on any atom is -0.505 e. The van der Waals surface area contributed by atoms with Crippen LogP contribution in [0.1, 0.15) is 32.8 Å². The van der Waals surface area contributed by atoms with Crippen molar-refractivity contribution >= 4 is 23.7 Å². The highest BCUT2D eigenvalue weighted by atomic mass is 16.4. The maximum Gasteiger partial charge on any atom is 0.322 e. The molecule has 98 valence electrons. The summed E-state index contributed by atoms with van der Waals surface area (Å²) in [5.41, 5.74) is 0.167. The average Bonchev–Trinajstić information content (AvgIpc) is 2.37. The fourth-order valence-corrected chi connectivity index (χ4v) is 1.71. The van der Waals surface area contributed by atoms with E-state index in [9.17, 15) is 19.5 Å². The van der Waals surface area contributed by atoms with Crippen LogP contribution >= 0.6 is 0 Å². The van der Waals surface area contributed by atoms with E-state index in [1.54, 1.807) is 6.08 Å². The number of carbonyl (C=O) groups excluding carboxylic acids is 2. The predicted molar refractivity (Wildman–Crippen MR) is 63.9 cm³/mol. The number of hydrogen-bond acceptors (Lipinski definition) is 5. The van der Waals surface area contributed by atoms with Crippen LogP contribution in [0.25, 0.3) is 6.08 Å². The van der Waals surface area contributed by atoms with Gasteiger partial charge in [-0.05, 0) is 0 Å². The smallest absolute Gasteiger partial charge is 0.322 e. The van der Waals surface area contributed by atoms with E-state index in [1.165, 1.54) is 12.3 Å². The number of aromatic nitrogens is 1. The number of Topliss-reactive ketones (excluding diaryl/α,β-unsaturated/α-hetero) is 1. The Morgan fingerprint density at radius 3 is 2.84 bits per heavy atom. The third-order valence-corrected chi connectivity index (χ3v) is 2.60. The molecule has 0 bridgehead atoms. The highest BCUT2D eigenvalue weighted by molar-refractivity contribution is 6.05. The minimum atomic E-state index is -1.21. The van der Waals surface area contributed by atoms with Gasteiger partial charge >= 0.3 is 5.97 Å². The molecule has 0 atom stereocenters. The first-order chi connectivity index (χ1) is 9.00. The number of nitrogens with one attached hydrogen (secondary N) is 1. The number of pyridine rings is 1. The fraction of sp³-hybridized carbons (Fsp3) is 0.167. The van der Waals surface area contributed by atoms with Crippen LogP contribution in [0.4, 0.5) is 0 Å². The highest BCUT2D eigenvalue weighted by Crippen LogP contribution is 2.29. The van der Waals surface area contributed by atoms with Crippen LogP contribution in [-0.4, -0.2) is 39.4 Å². The van der Waals surface area contributed by atoms with Crippen molar-refractivity contribution in [2.75, 3.05) is 6.54 Å². The predicted octanol–water partition coefficient (Wildman–Crippen LogP) is 0.201. The summed E-state index contributed by atoms with van der Waals surface area (Å²) in [7, 11) is 0. The summed E-state index contributed by atoms with van der Waals surface area (Å²) < 4.78 is 0. The van der Waals surface area contributed by atoms with Gasteiger partial charge in [-0.1, -0.05) is 12.2 Å². The second-order valence-electron chi connectivity index (χ2n) is 3.89. The number of aliphatic carboxylic acids is 1. The molecule has 1 aliphatic carbocycles. The summed E-state index contributed by atoms with van der Waals surface area (Å²) >= 11 is 0. The van der Waals surface area contributed by atoms with Gasteiger partial charge in [-0.3, -0.25) is 14.4 Å². The topological polar surface area (TPSA) is 117 Å². The molecule has 0 spiro atoms. The van der Waals surface area contributed by atoms with Crippen LogP contribution in [0, 0.1) is 0 Å². The van der Waals surface area contributed by atoms with E-state index in [2.05, 4.69) is 10.3 Å². The fourth-order valence-electron chi connectivity index (χ4n) is 1.71. The number of ketones is 1. The summed E-state index contributed by atoms with van der Waals surface area (Å²) in [6, 6.07) is 0. The van der Waals surface area contributed by atoms with Gasteiger partial charge in [0.2, 0.25) is 0 Å². The lowest BCUT2D eigenvalue weighted by Gasteiger charge is -2.12. The van der Waals surface area contributed by atoms with Gasteiger partial charge in [0.05, 0.1) is 0 Å². The van der Waals surface area contributed by atoms with Gasteiger partial charge in [-0.2, -0.15) is 0 Å². The van der Waals surface area contributed by atoms with Gasteiger partial charge in [-0.15, -0.1) is 0 Å². The van der Waals surface area contributed by atoms with Crippen molar-refractivity contribution in [3.05, 3.63) is 29.1 Å². The molecule has 0 radical (unpaired) electrons. The van der Waals surface area contributed by atoms with Gasteiger partial charge in [-0.25, -0.2) is 4.98 Å². The standard InChI is InChI=1S/C12H10N2O5/c15-8-3-1-2-6-7(8)4-13-10(11(6)18)12(19)14-5-9(16)17/h1-2,4,18H,3,5H2,(H,14,19)(H,16,17). The largest absolute Gasteiger partial charge is 0.505 e. The molecule has 19 heavy (non-hydrogen) atoms. The molecule has 0 saturated carbocycles. The van der Waals surface area contributed by atoms with Crippen LogP contribution < -0.4 is 5.32 Å². The average molecular weight is 262 g/mol. The number of rotatable bonds is 3. The van der Waals surface area contributed by atoms with Crippen molar-refractivity contribution < 1.29 is 24.6 Å². The van der Waals surface area contributed by atoms with Crippen molar-refractivity contribution in [2.45, 2.75) is 6.42 Å². The van der Waals surface area contributed by atoms with Crippen LogP contribution in [-0.2, 0) is 4.79 Å². The third kappa shape index (κ3) is 2.44. The zero-order valence-corrected chi connectivity index (χ0v) is 9.71. The molecular weight excluding hydrogens is 252 g/mol. The summed E-state index contributed by atoms with van der Waals surface area (Å²) in [5, 5.41) is 20.5. The van der Waals surface area contributed by atoms with Crippen molar-refractivity contribution in [3.63, 3.8) is 0 Å². The maximum absolute atomic E-state index is 11.6. The molecule has 0 saturated heterocycles. The SMILES string of the molecule is O=C(O)CNC(=O)c1ncc2c(c1O)C=CCC2=O. The zero-order chi connectivity index (χ0) is 14.0. The molecule has 1 aromatic heterocycles. The van der Waals surface area contributed by atoms with Crippen LogP contribution in [0.15, 0.2) is 12.3 Å². The number of aromatic hydroxyl groups is 1. The maximum atomic E-state index is 11.6. The third-order valence-electron chi connectivity index (χ3n) is 2.60. The molecule has 0 fully saturated rings. The summed E-state index contributed by atoms with van der Waals surface area (Å²) in [4.78, 5) is 37.2. The Morgan fingerprint density at radius 2 is 2.16 bits per heavy atom. The Balaban J connectivity index is 2.34. The zero-order valence-electron chi connectivity index (χ0n) is 9.71. The first-order valence-electron chi connectivity index (χ1n) is 5.42. The normalized spacial score (nSPS) is 12.9. The van der Waals surface area contributed by atoms with E-state index in [0.29, 0.717) is 0 Å². The first-order valence-corrected chi connectivity index (χ1v) is 5.42. The number of nitrogens with zero attached hydrogens (tertiary/aromatic N) is 1. The number of carboxylic acids is 1. The number of fused-ring (bicyclic) bond motifs is 1. The molecule has 7 nitrogen and oxygen atoms in total. The number of hydrogen-bond donors (Lipinski definition) is 3. The van der Waals surface area contributed by atoms with Crippen LogP contribution in [0.3, 0.4) is 0 Å². The molecule has 0 unspecified atom stereocenters. The number of allylic oxidation sites excluding steroid dienone is 1. The van der Waals surface area contributed by atoms with E-state index >= 15 is 0 Å². The molecule has 3 N–H and O–H groups in total. The quantitative estimate of drug-likeness (QED) is 0.716. The number of carbonyl (C=O) groups is 3. The van der Waals surface area contributed by atoms with E-state index in [4.69, 9.17) is 5.11 Å². The van der Waals surface area contributed by atoms with E-state index in [0.717, 1.165) is 0 Å². The molecule has 0 aliphatic heterocycles. The molecule has 1 aliphatic rings. The molecule has 2 rings (SSSR count). The molecule has 7 heteroatoms. The van der Waals surface area contributed by atoms with Crippen molar-refractivity contribution in [1.82, 2.24) is 10.3 Å². The lowest BCUT2D eigenvalue weighted by Crippen LogP contribution is -2.30. The Bertz CT molecular complexity index is 606. The summed E-state index contributed by atoms with van der Waals surface area (Å²) in [6.45, 7) is -0.578. The van der Waals surface area contributed by atoms with Gasteiger partial charge in [0.1, 0.15) is 6.54 Å². The molecule has 1 heterocycles. The van der Waals surface area contributed by atoms with E-state index in [-0.39, 0.29) is 29.0 Å². The monoisotopic (exact) mass is 262 g/mol. The van der Waals surface area contributed by atoms with Crippen LogP contribution in [0.5, 0.6) is 5.75 Å². The van der Waals surface area contributed by atoms with Gasteiger partial charge < -0.3 is 15.5 Å². The highest BCUT2D eigenvalue weighted by Gasteiger charge is 2.22. The summed E-state index contributed by atoms with van der Waals surface area (Å²) in [5.74, 6) is -2.64. The van der Waals surface area contributed by atoms with E-state index < -0.39 is 24.2 Å². The lowest BCUT2D eigenvalue weighted by molar-refractivity contribution is -0.135. The molecular formula is C12H10N2O5. The van der Waals surface area contributed by atoms with Crippen molar-refractivity contribution in [2.24, 2.45) is 0 Å². The Kier molecular flexibility index (Phi) is 3.28. The van der Waals surface area contributed by atoms with E-state index in [1.807, 2.05) is 0 Å².